The van der Waals surface area contributed by atoms with Crippen LogP contribution in [0.3, 0.4) is 0 Å². The molecule has 2 atom stereocenters. The van der Waals surface area contributed by atoms with E-state index in [0.717, 1.165) is 59.0 Å². The van der Waals surface area contributed by atoms with Crippen molar-refractivity contribution in [1.29, 1.82) is 0 Å². The van der Waals surface area contributed by atoms with Crippen LogP contribution in [0.5, 0.6) is 0 Å². The lowest BCUT2D eigenvalue weighted by molar-refractivity contribution is 0.0682. The van der Waals surface area contributed by atoms with E-state index in [1.807, 2.05) is 31.2 Å². The second-order valence-electron chi connectivity index (χ2n) is 6.56. The van der Waals surface area contributed by atoms with E-state index >= 15 is 0 Å². The molecule has 1 N–H and O–H groups in total. The molecule has 3 heterocycles. The van der Waals surface area contributed by atoms with E-state index < -0.39 is 0 Å². The molecule has 1 amide bonds. The van der Waals surface area contributed by atoms with E-state index in [-0.39, 0.29) is 30.7 Å². The number of amides is 1. The highest BCUT2D eigenvalue weighted by Gasteiger charge is 2.38. The first kappa shape index (κ1) is 20.4. The van der Waals surface area contributed by atoms with Gasteiger partial charge in [-0.25, -0.2) is 0 Å². The van der Waals surface area contributed by atoms with Crippen LogP contribution in [0.2, 0.25) is 0 Å². The van der Waals surface area contributed by atoms with Gasteiger partial charge in [0.15, 0.2) is 0 Å². The number of nitrogens with zero attached hydrogens (tertiary/aromatic N) is 2. The lowest BCUT2D eigenvalue weighted by Crippen LogP contribution is -2.42. The largest absolute Gasteiger partial charge is 0.331 e. The highest BCUT2D eigenvalue weighted by atomic mass is 79.9. The topological polar surface area (TPSA) is 45.2 Å². The number of hydrogen-bond donors (Lipinski definition) is 1. The average Bonchev–Trinajstić information content (AvgIpc) is 2.79. The molecule has 0 aliphatic carbocycles. The second kappa shape index (κ2) is 8.21. The fourth-order valence-corrected chi connectivity index (χ4v) is 4.32. The number of nitrogens with one attached hydrogen (secondary N) is 1. The Balaban J connectivity index is 0.00000113. The Morgan fingerprint density at radius 2 is 1.96 bits per heavy atom. The van der Waals surface area contributed by atoms with Crippen LogP contribution in [-0.4, -0.2) is 41.0 Å². The number of aryl methyl sites for hydroxylation is 1. The third-order valence-corrected chi connectivity index (χ3v) is 5.51. The number of fused-ring (bicyclic) bond motifs is 3. The van der Waals surface area contributed by atoms with Crippen LogP contribution in [0, 0.1) is 6.92 Å². The molecular formula is C18H22BrCl2N3O. The van der Waals surface area contributed by atoms with Gasteiger partial charge in [-0.1, -0.05) is 15.9 Å². The maximum atomic E-state index is 13.3. The zero-order valence-corrected chi connectivity index (χ0v) is 17.2. The number of pyridine rings is 1. The van der Waals surface area contributed by atoms with Crippen molar-refractivity contribution < 1.29 is 4.79 Å². The Morgan fingerprint density at radius 3 is 2.76 bits per heavy atom. The molecule has 2 aliphatic heterocycles. The number of carbonyl (C=O) groups is 1. The van der Waals surface area contributed by atoms with E-state index in [1.165, 1.54) is 0 Å². The van der Waals surface area contributed by atoms with Crippen LogP contribution in [-0.2, 0) is 0 Å². The molecule has 0 radical (unpaired) electrons. The Bertz CT molecular complexity index is 772. The molecule has 2 aromatic rings. The number of halogens is 3. The molecular weight excluding hydrogens is 425 g/mol. The number of benzene rings is 1. The summed E-state index contributed by atoms with van der Waals surface area (Å²) in [5, 5.41) is 4.40. The van der Waals surface area contributed by atoms with Crippen LogP contribution in [0.4, 0.5) is 0 Å². The van der Waals surface area contributed by atoms with Gasteiger partial charge in [0, 0.05) is 34.2 Å². The summed E-state index contributed by atoms with van der Waals surface area (Å²) in [6.07, 6.45) is 3.28. The van der Waals surface area contributed by atoms with E-state index in [2.05, 4.69) is 31.1 Å². The van der Waals surface area contributed by atoms with Crippen molar-refractivity contribution in [2.24, 2.45) is 0 Å². The number of rotatable bonds is 1. The summed E-state index contributed by atoms with van der Waals surface area (Å²) < 4.78 is 0.977. The number of carbonyl (C=O) groups excluding carboxylic acids is 1. The Labute approximate surface area is 168 Å². The smallest absolute Gasteiger partial charge is 0.255 e. The second-order valence-corrected chi connectivity index (χ2v) is 7.48. The minimum atomic E-state index is 0. The third kappa shape index (κ3) is 3.80. The van der Waals surface area contributed by atoms with Crippen LogP contribution in [0.1, 0.15) is 35.3 Å². The van der Waals surface area contributed by atoms with Crippen molar-refractivity contribution in [2.75, 3.05) is 13.1 Å². The van der Waals surface area contributed by atoms with Gasteiger partial charge in [0.25, 0.3) is 5.91 Å². The molecule has 2 fully saturated rings. The van der Waals surface area contributed by atoms with Gasteiger partial charge >= 0.3 is 0 Å². The minimum absolute atomic E-state index is 0. The molecule has 136 valence electrons. The Morgan fingerprint density at radius 1 is 1.20 bits per heavy atom. The zero-order valence-electron chi connectivity index (χ0n) is 14.0. The summed E-state index contributed by atoms with van der Waals surface area (Å²) in [7, 11) is 0. The minimum Gasteiger partial charge on any atom is -0.331 e. The van der Waals surface area contributed by atoms with E-state index in [4.69, 9.17) is 0 Å². The predicted octanol–water partition coefficient (Wildman–Crippen LogP) is 4.12. The molecule has 2 aliphatic rings. The summed E-state index contributed by atoms with van der Waals surface area (Å²) >= 11 is 3.52. The van der Waals surface area contributed by atoms with Crippen molar-refractivity contribution in [1.82, 2.24) is 15.2 Å². The Kier molecular flexibility index (Phi) is 6.71. The first-order valence-corrected chi connectivity index (χ1v) is 9.03. The van der Waals surface area contributed by atoms with Crippen LogP contribution < -0.4 is 5.32 Å². The lowest BCUT2D eigenvalue weighted by Gasteiger charge is -2.28. The molecule has 2 unspecified atom stereocenters. The number of aromatic nitrogens is 1. The van der Waals surface area contributed by atoms with E-state index in [9.17, 15) is 4.79 Å². The van der Waals surface area contributed by atoms with Crippen molar-refractivity contribution in [3.8, 4) is 0 Å². The highest BCUT2D eigenvalue weighted by molar-refractivity contribution is 9.10. The molecule has 7 heteroatoms. The summed E-state index contributed by atoms with van der Waals surface area (Å²) in [5.74, 6) is 0.162. The molecule has 4 rings (SSSR count). The zero-order chi connectivity index (χ0) is 16.0. The SMILES string of the molecule is Cc1cc(C(=O)N2C3CCNCC2CC3)c2cc(Br)ccc2n1.Cl.Cl. The van der Waals surface area contributed by atoms with Gasteiger partial charge in [-0.2, -0.15) is 0 Å². The summed E-state index contributed by atoms with van der Waals surface area (Å²) in [6.45, 7) is 3.87. The predicted molar refractivity (Wildman–Crippen MR) is 109 cm³/mol. The standard InChI is InChI=1S/C18H20BrN3O.2ClH/c1-11-8-16(15-9-12(19)2-5-17(15)21-11)18(23)22-13-3-4-14(22)10-20-7-6-13;;/h2,5,8-9,13-14,20H,3-4,6-7,10H2,1H3;2*1H. The fourth-order valence-electron chi connectivity index (χ4n) is 3.96. The maximum Gasteiger partial charge on any atom is 0.255 e. The normalized spacial score (nSPS) is 22.1. The van der Waals surface area contributed by atoms with Crippen molar-refractivity contribution in [3.05, 3.63) is 40.0 Å². The highest BCUT2D eigenvalue weighted by Crippen LogP contribution is 2.32. The van der Waals surface area contributed by atoms with Gasteiger partial charge in [0.1, 0.15) is 0 Å². The molecule has 0 saturated carbocycles. The molecule has 0 spiro atoms. The Hall–Kier alpha value is -0.880. The van der Waals surface area contributed by atoms with Crippen LogP contribution in [0.25, 0.3) is 10.9 Å². The number of hydrogen-bond acceptors (Lipinski definition) is 3. The molecule has 1 aromatic heterocycles. The lowest BCUT2D eigenvalue weighted by atomic mass is 10.1. The van der Waals surface area contributed by atoms with E-state index in [0.29, 0.717) is 12.1 Å². The molecule has 2 bridgehead atoms. The van der Waals surface area contributed by atoms with Crippen LogP contribution in [0.15, 0.2) is 28.7 Å². The van der Waals surface area contributed by atoms with Gasteiger partial charge in [-0.3, -0.25) is 9.78 Å². The third-order valence-electron chi connectivity index (χ3n) is 5.02. The van der Waals surface area contributed by atoms with Crippen LogP contribution >= 0.6 is 40.7 Å². The van der Waals surface area contributed by atoms with Gasteiger partial charge < -0.3 is 10.2 Å². The average molecular weight is 447 g/mol. The quantitative estimate of drug-likeness (QED) is 0.716. The van der Waals surface area contributed by atoms with E-state index in [1.54, 1.807) is 0 Å². The van der Waals surface area contributed by atoms with Crippen molar-refractivity contribution in [2.45, 2.75) is 38.3 Å². The molecule has 25 heavy (non-hydrogen) atoms. The monoisotopic (exact) mass is 445 g/mol. The van der Waals surface area contributed by atoms with Crippen molar-refractivity contribution >= 4 is 57.6 Å². The molecule has 2 saturated heterocycles. The van der Waals surface area contributed by atoms with Gasteiger partial charge in [0.05, 0.1) is 11.1 Å². The van der Waals surface area contributed by atoms with Crippen molar-refractivity contribution in [3.63, 3.8) is 0 Å². The first-order valence-electron chi connectivity index (χ1n) is 8.24. The maximum absolute atomic E-state index is 13.3. The molecule has 1 aromatic carbocycles. The summed E-state index contributed by atoms with van der Waals surface area (Å²) in [5.41, 5.74) is 2.56. The first-order chi connectivity index (χ1) is 11.1. The van der Waals surface area contributed by atoms with Gasteiger partial charge in [-0.15, -0.1) is 24.8 Å². The summed E-state index contributed by atoms with van der Waals surface area (Å²) in [4.78, 5) is 20.1. The molecule has 4 nitrogen and oxygen atoms in total. The van der Waals surface area contributed by atoms with Gasteiger partial charge in [0.2, 0.25) is 0 Å². The van der Waals surface area contributed by atoms with Gasteiger partial charge in [-0.05, 0) is 57.0 Å². The fraction of sp³-hybridized carbons (Fsp3) is 0.444. The summed E-state index contributed by atoms with van der Waals surface area (Å²) in [6, 6.07) is 8.59.